The van der Waals surface area contributed by atoms with Crippen LogP contribution in [0.1, 0.15) is 30.0 Å². The highest BCUT2D eigenvalue weighted by Crippen LogP contribution is 2.30. The number of nitrogens with one attached hydrogen (secondary N) is 1. The topological polar surface area (TPSA) is 45.3 Å². The van der Waals surface area contributed by atoms with Gasteiger partial charge < -0.3 is 14.6 Å². The van der Waals surface area contributed by atoms with Gasteiger partial charge in [0.25, 0.3) is 5.91 Å². The average Bonchev–Trinajstić information content (AvgIpc) is 3.10. The van der Waals surface area contributed by atoms with Crippen molar-refractivity contribution in [2.45, 2.75) is 25.7 Å². The van der Waals surface area contributed by atoms with E-state index >= 15 is 0 Å². The van der Waals surface area contributed by atoms with Gasteiger partial charge in [-0.2, -0.15) is 0 Å². The van der Waals surface area contributed by atoms with Crippen molar-refractivity contribution in [2.75, 3.05) is 19.7 Å². The molecule has 1 N–H and O–H groups in total. The lowest BCUT2D eigenvalue weighted by atomic mass is 9.93. The number of aromatic amines is 1. The standard InChI is InChI=1S/C22H23FN2O2/c1-15-2-5-19(6-3-15)27-14-22(26)25-10-8-16(9-11-25)21-13-17-12-18(23)4-7-20(17)24-21/h2-7,12-13,16,24H,8-11,14H2,1H3. The van der Waals surface area contributed by atoms with Gasteiger partial charge >= 0.3 is 0 Å². The molecule has 27 heavy (non-hydrogen) atoms. The van der Waals surface area contributed by atoms with Crippen LogP contribution in [0.2, 0.25) is 0 Å². The second-order valence-corrected chi connectivity index (χ2v) is 7.21. The third kappa shape index (κ3) is 3.97. The number of piperidine rings is 1. The summed E-state index contributed by atoms with van der Waals surface area (Å²) in [5, 5.41) is 0.898. The van der Waals surface area contributed by atoms with Crippen LogP contribution < -0.4 is 4.74 Å². The van der Waals surface area contributed by atoms with E-state index in [1.165, 1.54) is 6.07 Å². The summed E-state index contributed by atoms with van der Waals surface area (Å²) >= 11 is 0. The Bertz CT molecular complexity index is 941. The van der Waals surface area contributed by atoms with Crippen molar-refractivity contribution in [1.82, 2.24) is 9.88 Å². The zero-order chi connectivity index (χ0) is 18.8. The predicted octanol–water partition coefficient (Wildman–Crippen LogP) is 4.40. The number of H-pyrrole nitrogens is 1. The lowest BCUT2D eigenvalue weighted by Crippen LogP contribution is -2.40. The van der Waals surface area contributed by atoms with E-state index in [1.54, 1.807) is 12.1 Å². The number of nitrogens with zero attached hydrogens (tertiary/aromatic N) is 1. The second kappa shape index (κ2) is 7.43. The number of ether oxygens (including phenoxy) is 1. The number of aryl methyl sites for hydroxylation is 1. The molecule has 3 aromatic rings. The molecule has 2 heterocycles. The molecule has 1 aliphatic heterocycles. The smallest absolute Gasteiger partial charge is 0.260 e. The Morgan fingerprint density at radius 1 is 1.15 bits per heavy atom. The average molecular weight is 366 g/mol. The molecule has 1 aliphatic rings. The van der Waals surface area contributed by atoms with E-state index in [-0.39, 0.29) is 18.3 Å². The Labute approximate surface area is 157 Å². The Hall–Kier alpha value is -2.82. The van der Waals surface area contributed by atoms with Gasteiger partial charge in [0.1, 0.15) is 11.6 Å². The first-order chi connectivity index (χ1) is 13.1. The zero-order valence-corrected chi connectivity index (χ0v) is 15.4. The molecule has 0 spiro atoms. The summed E-state index contributed by atoms with van der Waals surface area (Å²) in [6, 6.07) is 14.5. The number of aromatic nitrogens is 1. The summed E-state index contributed by atoms with van der Waals surface area (Å²) in [4.78, 5) is 17.7. The Morgan fingerprint density at radius 2 is 1.89 bits per heavy atom. The van der Waals surface area contributed by atoms with Crippen molar-refractivity contribution in [2.24, 2.45) is 0 Å². The summed E-state index contributed by atoms with van der Waals surface area (Å²) in [7, 11) is 0. The van der Waals surface area contributed by atoms with Crippen LogP contribution in [0.3, 0.4) is 0 Å². The number of benzene rings is 2. The number of hydrogen-bond donors (Lipinski definition) is 1. The Kier molecular flexibility index (Phi) is 4.84. The van der Waals surface area contributed by atoms with E-state index < -0.39 is 0 Å². The van der Waals surface area contributed by atoms with Gasteiger partial charge in [-0.1, -0.05) is 17.7 Å². The van der Waals surface area contributed by atoms with Gasteiger partial charge in [-0.15, -0.1) is 0 Å². The summed E-state index contributed by atoms with van der Waals surface area (Å²) in [5.74, 6) is 0.881. The van der Waals surface area contributed by atoms with Gasteiger partial charge in [0.05, 0.1) is 0 Å². The number of halogens is 1. The van der Waals surface area contributed by atoms with Crippen molar-refractivity contribution in [1.29, 1.82) is 0 Å². The molecule has 0 unspecified atom stereocenters. The molecule has 1 saturated heterocycles. The maximum absolute atomic E-state index is 13.4. The third-order valence-corrected chi connectivity index (χ3v) is 5.27. The van der Waals surface area contributed by atoms with E-state index in [4.69, 9.17) is 4.74 Å². The van der Waals surface area contributed by atoms with Gasteiger partial charge in [0.15, 0.2) is 6.61 Å². The largest absolute Gasteiger partial charge is 0.484 e. The molecule has 1 fully saturated rings. The number of hydrogen-bond acceptors (Lipinski definition) is 2. The van der Waals surface area contributed by atoms with Crippen molar-refractivity contribution >= 4 is 16.8 Å². The second-order valence-electron chi connectivity index (χ2n) is 7.21. The fourth-order valence-electron chi connectivity index (χ4n) is 3.66. The minimum atomic E-state index is -0.220. The first kappa shape index (κ1) is 17.6. The molecule has 0 atom stereocenters. The minimum absolute atomic E-state index is 0.0211. The maximum atomic E-state index is 13.4. The van der Waals surface area contributed by atoms with Crippen molar-refractivity contribution in [3.8, 4) is 5.75 Å². The zero-order valence-electron chi connectivity index (χ0n) is 15.4. The summed E-state index contributed by atoms with van der Waals surface area (Å²) < 4.78 is 19.0. The molecule has 2 aromatic carbocycles. The quantitative estimate of drug-likeness (QED) is 0.744. The number of carbonyl (C=O) groups is 1. The maximum Gasteiger partial charge on any atom is 0.260 e. The lowest BCUT2D eigenvalue weighted by molar-refractivity contribution is -0.134. The molecular formula is C22H23FN2O2. The van der Waals surface area contributed by atoms with Crippen LogP contribution in [0, 0.1) is 12.7 Å². The summed E-state index contributed by atoms with van der Waals surface area (Å²) in [6.07, 6.45) is 1.79. The Morgan fingerprint density at radius 3 is 2.63 bits per heavy atom. The fourth-order valence-corrected chi connectivity index (χ4v) is 3.66. The molecule has 4 nitrogen and oxygen atoms in total. The van der Waals surface area contributed by atoms with E-state index in [2.05, 4.69) is 4.98 Å². The summed E-state index contributed by atoms with van der Waals surface area (Å²) in [5.41, 5.74) is 3.24. The van der Waals surface area contributed by atoms with Gasteiger partial charge in [-0.25, -0.2) is 4.39 Å². The minimum Gasteiger partial charge on any atom is -0.484 e. The number of likely N-dealkylation sites (tertiary alicyclic amines) is 1. The summed E-state index contributed by atoms with van der Waals surface area (Å²) in [6.45, 7) is 3.51. The Balaban J connectivity index is 1.32. The number of carbonyl (C=O) groups excluding carboxylic acids is 1. The van der Waals surface area contributed by atoms with Gasteiger partial charge in [-0.05, 0) is 56.2 Å². The first-order valence-corrected chi connectivity index (χ1v) is 9.34. The molecule has 4 rings (SSSR count). The number of amides is 1. The lowest BCUT2D eigenvalue weighted by Gasteiger charge is -2.31. The van der Waals surface area contributed by atoms with E-state index in [0.29, 0.717) is 24.8 Å². The normalized spacial score (nSPS) is 15.3. The van der Waals surface area contributed by atoms with Crippen LogP contribution in [-0.2, 0) is 4.79 Å². The molecule has 1 amide bonds. The molecule has 0 radical (unpaired) electrons. The fraction of sp³-hybridized carbons (Fsp3) is 0.318. The monoisotopic (exact) mass is 366 g/mol. The van der Waals surface area contributed by atoms with Gasteiger partial charge in [0.2, 0.25) is 0 Å². The molecule has 0 saturated carbocycles. The highest BCUT2D eigenvalue weighted by molar-refractivity contribution is 5.80. The molecule has 0 aliphatic carbocycles. The van der Waals surface area contributed by atoms with Crippen LogP contribution in [-0.4, -0.2) is 35.5 Å². The van der Waals surface area contributed by atoms with Gasteiger partial charge in [0, 0.05) is 35.6 Å². The highest BCUT2D eigenvalue weighted by Gasteiger charge is 2.25. The molecule has 140 valence electrons. The van der Waals surface area contributed by atoms with Crippen LogP contribution in [0.5, 0.6) is 5.75 Å². The third-order valence-electron chi connectivity index (χ3n) is 5.27. The van der Waals surface area contributed by atoms with Crippen LogP contribution in [0.15, 0.2) is 48.5 Å². The molecule has 0 bridgehead atoms. The van der Waals surface area contributed by atoms with Gasteiger partial charge in [-0.3, -0.25) is 4.79 Å². The van der Waals surface area contributed by atoms with Crippen molar-refractivity contribution in [3.63, 3.8) is 0 Å². The van der Waals surface area contributed by atoms with Crippen molar-refractivity contribution in [3.05, 3.63) is 65.6 Å². The van der Waals surface area contributed by atoms with E-state index in [1.807, 2.05) is 42.2 Å². The molecular weight excluding hydrogens is 343 g/mol. The number of fused-ring (bicyclic) bond motifs is 1. The van der Waals surface area contributed by atoms with Crippen molar-refractivity contribution < 1.29 is 13.9 Å². The van der Waals surface area contributed by atoms with E-state index in [0.717, 1.165) is 35.0 Å². The SMILES string of the molecule is Cc1ccc(OCC(=O)N2CCC(c3cc4cc(F)ccc4[nH]3)CC2)cc1. The van der Waals surface area contributed by atoms with Crippen LogP contribution in [0.25, 0.3) is 10.9 Å². The molecule has 5 heteroatoms. The predicted molar refractivity (Wildman–Crippen MR) is 103 cm³/mol. The van der Waals surface area contributed by atoms with E-state index in [9.17, 15) is 9.18 Å². The van der Waals surface area contributed by atoms with Crippen LogP contribution >= 0.6 is 0 Å². The van der Waals surface area contributed by atoms with Crippen LogP contribution in [0.4, 0.5) is 4.39 Å². The molecule has 1 aromatic heterocycles. The first-order valence-electron chi connectivity index (χ1n) is 9.34. The highest BCUT2D eigenvalue weighted by atomic mass is 19.1. The number of rotatable bonds is 4.